The van der Waals surface area contributed by atoms with Crippen molar-refractivity contribution >= 4 is 0 Å². The molecular formula is C9H15F. The molecule has 0 aromatic rings. The van der Waals surface area contributed by atoms with E-state index < -0.39 is 6.17 Å². The second kappa shape index (κ2) is 3.18. The number of rotatable bonds is 1. The van der Waals surface area contributed by atoms with E-state index in [4.69, 9.17) is 0 Å². The molecule has 0 nitrogen and oxygen atoms in total. The summed E-state index contributed by atoms with van der Waals surface area (Å²) in [6.07, 6.45) is 3.48. The van der Waals surface area contributed by atoms with Crippen molar-refractivity contribution in [2.45, 2.75) is 38.8 Å². The van der Waals surface area contributed by atoms with E-state index in [1.165, 1.54) is 5.57 Å². The highest BCUT2D eigenvalue weighted by Crippen LogP contribution is 2.30. The topological polar surface area (TPSA) is 0 Å². The summed E-state index contributed by atoms with van der Waals surface area (Å²) in [6, 6.07) is 0. The zero-order chi connectivity index (χ0) is 7.56. The van der Waals surface area contributed by atoms with Crippen LogP contribution in [0.2, 0.25) is 0 Å². The summed E-state index contributed by atoms with van der Waals surface area (Å²) in [7, 11) is 0. The molecule has 0 aromatic carbocycles. The van der Waals surface area contributed by atoms with Crippen LogP contribution in [0.5, 0.6) is 0 Å². The predicted octanol–water partition coefficient (Wildman–Crippen LogP) is 3.09. The highest BCUT2D eigenvalue weighted by molar-refractivity contribution is 4.98. The van der Waals surface area contributed by atoms with Gasteiger partial charge in [0.05, 0.1) is 0 Å². The normalized spacial score (nSPS) is 24.8. The lowest BCUT2D eigenvalue weighted by Crippen LogP contribution is -2.16. The highest BCUT2D eigenvalue weighted by atomic mass is 19.1. The van der Waals surface area contributed by atoms with E-state index in [0.717, 1.165) is 25.7 Å². The monoisotopic (exact) mass is 142 g/mol. The molecule has 0 aromatic heterocycles. The molecule has 58 valence electrons. The Hall–Kier alpha value is -0.330. The highest BCUT2D eigenvalue weighted by Gasteiger charge is 2.20. The maximum Gasteiger partial charge on any atom is 0.100 e. The lowest BCUT2D eigenvalue weighted by molar-refractivity contribution is 0.213. The predicted molar refractivity (Wildman–Crippen MR) is 41.7 cm³/mol. The molecule has 0 amide bonds. The number of halogens is 1. The van der Waals surface area contributed by atoms with E-state index >= 15 is 0 Å². The molecule has 0 heterocycles. The van der Waals surface area contributed by atoms with E-state index in [9.17, 15) is 4.39 Å². The number of hydrogen-bond acceptors (Lipinski definition) is 0. The zero-order valence-corrected chi connectivity index (χ0v) is 6.57. The van der Waals surface area contributed by atoms with Crippen LogP contribution in [0.1, 0.15) is 32.6 Å². The van der Waals surface area contributed by atoms with Crippen LogP contribution in [0.4, 0.5) is 4.39 Å². The summed E-state index contributed by atoms with van der Waals surface area (Å²) in [5.74, 6) is 0.311. The Morgan fingerprint density at radius 1 is 1.50 bits per heavy atom. The standard InChI is InChI=1S/C9H15F/c1-7-3-5-9(6-4-7)8(2)10/h8-9H,1,3-6H2,2H3. The molecule has 0 bridgehead atoms. The summed E-state index contributed by atoms with van der Waals surface area (Å²) in [5, 5.41) is 0. The maximum absolute atomic E-state index is 12.7. The fraction of sp³-hybridized carbons (Fsp3) is 0.778. The van der Waals surface area contributed by atoms with Gasteiger partial charge in [0.25, 0.3) is 0 Å². The summed E-state index contributed by atoms with van der Waals surface area (Å²) >= 11 is 0. The van der Waals surface area contributed by atoms with Crippen molar-refractivity contribution < 1.29 is 4.39 Å². The van der Waals surface area contributed by atoms with Crippen LogP contribution < -0.4 is 0 Å². The van der Waals surface area contributed by atoms with Gasteiger partial charge in [-0.15, -0.1) is 0 Å². The van der Waals surface area contributed by atoms with Gasteiger partial charge in [-0.1, -0.05) is 12.2 Å². The van der Waals surface area contributed by atoms with Gasteiger partial charge in [-0.25, -0.2) is 4.39 Å². The molecule has 0 saturated heterocycles. The van der Waals surface area contributed by atoms with E-state index in [0.29, 0.717) is 5.92 Å². The van der Waals surface area contributed by atoms with Gasteiger partial charge in [0.15, 0.2) is 0 Å². The van der Waals surface area contributed by atoms with Gasteiger partial charge < -0.3 is 0 Å². The summed E-state index contributed by atoms with van der Waals surface area (Å²) < 4.78 is 12.7. The Labute approximate surface area is 62.1 Å². The Morgan fingerprint density at radius 3 is 2.40 bits per heavy atom. The van der Waals surface area contributed by atoms with E-state index in [1.807, 2.05) is 0 Å². The van der Waals surface area contributed by atoms with Crippen molar-refractivity contribution in [3.8, 4) is 0 Å². The summed E-state index contributed by atoms with van der Waals surface area (Å²) in [6.45, 7) is 5.55. The Kier molecular flexibility index (Phi) is 2.47. The molecule has 0 N–H and O–H groups in total. The average Bonchev–Trinajstić information content (AvgIpc) is 1.88. The van der Waals surface area contributed by atoms with Crippen LogP contribution in [0.3, 0.4) is 0 Å². The molecule has 1 saturated carbocycles. The molecule has 1 unspecified atom stereocenters. The van der Waals surface area contributed by atoms with Crippen molar-refractivity contribution in [3.05, 3.63) is 12.2 Å². The first-order valence-corrected chi connectivity index (χ1v) is 4.01. The molecule has 1 aliphatic rings. The molecule has 1 atom stereocenters. The van der Waals surface area contributed by atoms with E-state index in [2.05, 4.69) is 6.58 Å². The van der Waals surface area contributed by atoms with Gasteiger partial charge in [0.2, 0.25) is 0 Å². The molecule has 1 fully saturated rings. The van der Waals surface area contributed by atoms with Crippen LogP contribution >= 0.6 is 0 Å². The minimum Gasteiger partial charge on any atom is -0.247 e. The quantitative estimate of drug-likeness (QED) is 0.493. The Balaban J connectivity index is 2.33. The number of hydrogen-bond donors (Lipinski definition) is 0. The van der Waals surface area contributed by atoms with E-state index in [1.54, 1.807) is 6.92 Å². The molecule has 0 aliphatic heterocycles. The van der Waals surface area contributed by atoms with Crippen LogP contribution in [-0.2, 0) is 0 Å². The first-order valence-electron chi connectivity index (χ1n) is 4.01. The molecule has 0 spiro atoms. The minimum absolute atomic E-state index is 0.311. The average molecular weight is 142 g/mol. The van der Waals surface area contributed by atoms with Gasteiger partial charge in [-0.2, -0.15) is 0 Å². The number of allylic oxidation sites excluding steroid dienone is 1. The number of alkyl halides is 1. The summed E-state index contributed by atoms with van der Waals surface area (Å²) in [5.41, 5.74) is 1.30. The van der Waals surface area contributed by atoms with Gasteiger partial charge >= 0.3 is 0 Å². The van der Waals surface area contributed by atoms with Gasteiger partial charge in [0, 0.05) is 0 Å². The molecule has 1 heteroatoms. The van der Waals surface area contributed by atoms with Crippen LogP contribution in [0.15, 0.2) is 12.2 Å². The fourth-order valence-electron chi connectivity index (χ4n) is 1.51. The zero-order valence-electron chi connectivity index (χ0n) is 6.57. The Morgan fingerprint density at radius 2 is 2.00 bits per heavy atom. The summed E-state index contributed by atoms with van der Waals surface area (Å²) in [4.78, 5) is 0. The van der Waals surface area contributed by atoms with Gasteiger partial charge in [-0.3, -0.25) is 0 Å². The maximum atomic E-state index is 12.7. The third kappa shape index (κ3) is 1.83. The minimum atomic E-state index is -0.618. The Bertz CT molecular complexity index is 117. The molecular weight excluding hydrogens is 127 g/mol. The second-order valence-corrected chi connectivity index (χ2v) is 3.26. The molecule has 1 aliphatic carbocycles. The van der Waals surface area contributed by atoms with Crippen LogP contribution in [0, 0.1) is 5.92 Å². The van der Waals surface area contributed by atoms with Crippen molar-refractivity contribution in [2.24, 2.45) is 5.92 Å². The fourth-order valence-corrected chi connectivity index (χ4v) is 1.51. The van der Waals surface area contributed by atoms with Crippen molar-refractivity contribution in [3.63, 3.8) is 0 Å². The third-order valence-electron chi connectivity index (χ3n) is 2.39. The first-order chi connectivity index (χ1) is 4.70. The smallest absolute Gasteiger partial charge is 0.100 e. The van der Waals surface area contributed by atoms with Crippen LogP contribution in [-0.4, -0.2) is 6.17 Å². The lowest BCUT2D eigenvalue weighted by Gasteiger charge is -2.23. The first kappa shape index (κ1) is 7.77. The van der Waals surface area contributed by atoms with E-state index in [-0.39, 0.29) is 0 Å². The van der Waals surface area contributed by atoms with Gasteiger partial charge in [0.1, 0.15) is 6.17 Å². The molecule has 0 radical (unpaired) electrons. The lowest BCUT2D eigenvalue weighted by atomic mass is 9.84. The largest absolute Gasteiger partial charge is 0.247 e. The van der Waals surface area contributed by atoms with Gasteiger partial charge in [-0.05, 0) is 38.5 Å². The van der Waals surface area contributed by atoms with Crippen molar-refractivity contribution in [1.82, 2.24) is 0 Å². The van der Waals surface area contributed by atoms with Crippen molar-refractivity contribution in [1.29, 1.82) is 0 Å². The molecule has 1 rings (SSSR count). The SMILES string of the molecule is C=C1CCC(C(C)F)CC1. The van der Waals surface area contributed by atoms with Crippen LogP contribution in [0.25, 0.3) is 0 Å². The van der Waals surface area contributed by atoms with Crippen molar-refractivity contribution in [2.75, 3.05) is 0 Å². The molecule has 10 heavy (non-hydrogen) atoms. The third-order valence-corrected chi connectivity index (χ3v) is 2.39. The second-order valence-electron chi connectivity index (χ2n) is 3.26.